The van der Waals surface area contributed by atoms with Gasteiger partial charge in [0.05, 0.1) is 5.60 Å². The predicted octanol–water partition coefficient (Wildman–Crippen LogP) is 2.27. The topological polar surface area (TPSA) is 23.5 Å². The van der Waals surface area contributed by atoms with Crippen molar-refractivity contribution in [1.29, 1.82) is 0 Å². The van der Waals surface area contributed by atoms with E-state index in [0.29, 0.717) is 5.41 Å². The van der Waals surface area contributed by atoms with Crippen molar-refractivity contribution in [3.63, 3.8) is 0 Å². The molecule has 1 N–H and O–H groups in total. The second-order valence-electron chi connectivity index (χ2n) is 6.31. The molecule has 88 valence electrons. The number of piperidine rings is 1. The summed E-state index contributed by atoms with van der Waals surface area (Å²) < 4.78 is 0. The van der Waals surface area contributed by atoms with Crippen LogP contribution in [0.15, 0.2) is 0 Å². The summed E-state index contributed by atoms with van der Waals surface area (Å²) in [5.74, 6) is 0.781. The molecule has 0 aromatic heterocycles. The smallest absolute Gasteiger partial charge is 0.0776 e. The van der Waals surface area contributed by atoms with Crippen LogP contribution in [0, 0.1) is 11.3 Å². The van der Waals surface area contributed by atoms with E-state index in [1.54, 1.807) is 0 Å². The van der Waals surface area contributed by atoms with Crippen LogP contribution in [0.2, 0.25) is 0 Å². The molecule has 1 aliphatic carbocycles. The molecule has 1 saturated heterocycles. The quantitative estimate of drug-likeness (QED) is 0.774. The molecule has 2 aliphatic rings. The Kier molecular flexibility index (Phi) is 2.85. The molecule has 1 saturated carbocycles. The van der Waals surface area contributed by atoms with Crippen LogP contribution in [0.5, 0.6) is 0 Å². The first-order chi connectivity index (χ1) is 6.94. The monoisotopic (exact) mass is 211 g/mol. The molecule has 0 aromatic carbocycles. The van der Waals surface area contributed by atoms with Crippen molar-refractivity contribution in [3.05, 3.63) is 0 Å². The van der Waals surface area contributed by atoms with Crippen LogP contribution in [0.4, 0.5) is 0 Å². The third-order valence-corrected chi connectivity index (χ3v) is 4.74. The molecule has 2 rings (SSSR count). The number of β-amino-alcohol motifs (C(OH)–C–C–N with tert-alkyl or cyclic N) is 1. The van der Waals surface area contributed by atoms with Gasteiger partial charge in [-0.05, 0) is 50.1 Å². The van der Waals surface area contributed by atoms with Crippen molar-refractivity contribution in [2.24, 2.45) is 11.3 Å². The van der Waals surface area contributed by atoms with Gasteiger partial charge >= 0.3 is 0 Å². The van der Waals surface area contributed by atoms with Crippen molar-refractivity contribution in [2.45, 2.75) is 52.1 Å². The molecule has 15 heavy (non-hydrogen) atoms. The van der Waals surface area contributed by atoms with Gasteiger partial charge in [-0.25, -0.2) is 0 Å². The zero-order valence-electron chi connectivity index (χ0n) is 10.4. The van der Waals surface area contributed by atoms with E-state index in [9.17, 15) is 5.11 Å². The fourth-order valence-corrected chi connectivity index (χ4v) is 2.52. The summed E-state index contributed by atoms with van der Waals surface area (Å²) in [6.07, 6.45) is 4.62. The highest BCUT2D eigenvalue weighted by Gasteiger charge is 2.43. The average Bonchev–Trinajstić information content (AvgIpc) is 2.88. The minimum Gasteiger partial charge on any atom is -0.389 e. The molecular formula is C13H25NO. The van der Waals surface area contributed by atoms with E-state index in [0.717, 1.165) is 25.3 Å². The van der Waals surface area contributed by atoms with Gasteiger partial charge < -0.3 is 10.0 Å². The number of rotatable bonds is 3. The molecule has 0 unspecified atom stereocenters. The summed E-state index contributed by atoms with van der Waals surface area (Å²) in [5.41, 5.74) is 0.230. The van der Waals surface area contributed by atoms with E-state index in [2.05, 4.69) is 25.7 Å². The van der Waals surface area contributed by atoms with Gasteiger partial charge in [-0.2, -0.15) is 0 Å². The number of hydrogen-bond acceptors (Lipinski definition) is 2. The molecule has 0 atom stereocenters. The second-order valence-corrected chi connectivity index (χ2v) is 6.31. The van der Waals surface area contributed by atoms with E-state index in [1.807, 2.05) is 0 Å². The number of nitrogens with zero attached hydrogens (tertiary/aromatic N) is 1. The molecule has 1 aliphatic heterocycles. The summed E-state index contributed by atoms with van der Waals surface area (Å²) in [6.45, 7) is 10.4. The Bertz CT molecular complexity index is 225. The van der Waals surface area contributed by atoms with Crippen LogP contribution < -0.4 is 0 Å². The Morgan fingerprint density at radius 2 is 1.67 bits per heavy atom. The maximum atomic E-state index is 9.88. The lowest BCUT2D eigenvalue weighted by Crippen LogP contribution is -2.44. The van der Waals surface area contributed by atoms with Crippen molar-refractivity contribution < 1.29 is 5.11 Å². The van der Waals surface area contributed by atoms with Crippen LogP contribution in [-0.2, 0) is 0 Å². The average molecular weight is 211 g/mol. The summed E-state index contributed by atoms with van der Waals surface area (Å²) in [4.78, 5) is 2.46. The molecule has 2 heteroatoms. The van der Waals surface area contributed by atoms with Crippen molar-refractivity contribution in [3.8, 4) is 0 Å². The Balaban J connectivity index is 1.81. The van der Waals surface area contributed by atoms with Crippen molar-refractivity contribution in [2.75, 3.05) is 19.6 Å². The Morgan fingerprint density at radius 1 is 1.13 bits per heavy atom. The molecule has 2 fully saturated rings. The third-order valence-electron chi connectivity index (χ3n) is 4.74. The predicted molar refractivity (Wildman–Crippen MR) is 62.8 cm³/mol. The molecule has 0 spiro atoms. The fraction of sp³-hybridized carbons (Fsp3) is 1.00. The molecule has 0 amide bonds. The molecule has 1 heterocycles. The maximum absolute atomic E-state index is 9.88. The van der Waals surface area contributed by atoms with Gasteiger partial charge in [-0.15, -0.1) is 0 Å². The Labute approximate surface area is 93.7 Å². The van der Waals surface area contributed by atoms with Crippen LogP contribution in [-0.4, -0.2) is 35.2 Å². The number of likely N-dealkylation sites (tertiary alicyclic amines) is 1. The van der Waals surface area contributed by atoms with E-state index in [4.69, 9.17) is 0 Å². The molecule has 2 nitrogen and oxygen atoms in total. The molecular weight excluding hydrogens is 186 g/mol. The van der Waals surface area contributed by atoms with Gasteiger partial charge in [0.1, 0.15) is 0 Å². The second kappa shape index (κ2) is 3.74. The number of hydrogen-bond donors (Lipinski definition) is 1. The van der Waals surface area contributed by atoms with Gasteiger partial charge in [0.2, 0.25) is 0 Å². The summed E-state index contributed by atoms with van der Waals surface area (Å²) in [7, 11) is 0. The SMILES string of the molecule is CC(C)C1(C)CCN(CC2(O)CC2)CC1. The highest BCUT2D eigenvalue weighted by molar-refractivity contribution is 4.97. The molecule has 0 aromatic rings. The maximum Gasteiger partial charge on any atom is 0.0776 e. The van der Waals surface area contributed by atoms with Gasteiger partial charge in [0, 0.05) is 6.54 Å². The van der Waals surface area contributed by atoms with Crippen molar-refractivity contribution in [1.82, 2.24) is 4.90 Å². The third kappa shape index (κ3) is 2.54. The fourth-order valence-electron chi connectivity index (χ4n) is 2.52. The standard InChI is InChI=1S/C13H25NO/c1-11(2)12(3)6-8-14(9-7-12)10-13(15)4-5-13/h11,15H,4-10H2,1-3H3. The van der Waals surface area contributed by atoms with Crippen LogP contribution >= 0.6 is 0 Å². The lowest BCUT2D eigenvalue weighted by Gasteiger charge is -2.42. The number of aliphatic hydroxyl groups is 1. The highest BCUT2D eigenvalue weighted by atomic mass is 16.3. The van der Waals surface area contributed by atoms with E-state index < -0.39 is 0 Å². The summed E-state index contributed by atoms with van der Waals surface area (Å²) >= 11 is 0. The first-order valence-corrected chi connectivity index (χ1v) is 6.38. The largest absolute Gasteiger partial charge is 0.389 e. The first kappa shape index (κ1) is 11.4. The molecule has 0 bridgehead atoms. The molecule has 0 radical (unpaired) electrons. The normalized spacial score (nSPS) is 29.4. The van der Waals surface area contributed by atoms with Crippen LogP contribution in [0.3, 0.4) is 0 Å². The zero-order chi connectivity index (χ0) is 11.1. The van der Waals surface area contributed by atoms with Gasteiger partial charge in [0.25, 0.3) is 0 Å². The van der Waals surface area contributed by atoms with Gasteiger partial charge in [0.15, 0.2) is 0 Å². The van der Waals surface area contributed by atoms with Crippen molar-refractivity contribution >= 4 is 0 Å². The lowest BCUT2D eigenvalue weighted by atomic mass is 9.72. The minimum absolute atomic E-state index is 0.300. The van der Waals surface area contributed by atoms with Crippen LogP contribution in [0.25, 0.3) is 0 Å². The summed E-state index contributed by atoms with van der Waals surface area (Å²) in [5, 5.41) is 9.88. The first-order valence-electron chi connectivity index (χ1n) is 6.38. The van der Waals surface area contributed by atoms with Gasteiger partial charge in [-0.1, -0.05) is 20.8 Å². The minimum atomic E-state index is -0.300. The highest BCUT2D eigenvalue weighted by Crippen LogP contribution is 2.40. The Morgan fingerprint density at radius 3 is 2.07 bits per heavy atom. The Hall–Kier alpha value is -0.0800. The van der Waals surface area contributed by atoms with E-state index in [1.165, 1.54) is 25.9 Å². The summed E-state index contributed by atoms with van der Waals surface area (Å²) in [6, 6.07) is 0. The lowest BCUT2D eigenvalue weighted by molar-refractivity contribution is 0.0349. The van der Waals surface area contributed by atoms with Crippen LogP contribution in [0.1, 0.15) is 46.5 Å². The van der Waals surface area contributed by atoms with E-state index in [-0.39, 0.29) is 5.60 Å². The van der Waals surface area contributed by atoms with Gasteiger partial charge in [-0.3, -0.25) is 0 Å². The van der Waals surface area contributed by atoms with E-state index >= 15 is 0 Å². The zero-order valence-corrected chi connectivity index (χ0v) is 10.4.